The minimum atomic E-state index is -0.0476. The number of carbonyl (C=O) groups excluding carboxylic acids is 1. The molecule has 0 radical (unpaired) electrons. The number of carbonyl (C=O) groups is 1. The normalized spacial score (nSPS) is 14.6. The van der Waals surface area contributed by atoms with Crippen molar-refractivity contribution in [3.05, 3.63) is 54.2 Å². The van der Waals surface area contributed by atoms with E-state index in [-0.39, 0.29) is 5.91 Å². The van der Waals surface area contributed by atoms with Crippen LogP contribution in [0.15, 0.2) is 48.7 Å². The number of amides is 1. The summed E-state index contributed by atoms with van der Waals surface area (Å²) < 4.78 is 0. The van der Waals surface area contributed by atoms with Crippen LogP contribution in [0.5, 0.6) is 0 Å². The third kappa shape index (κ3) is 3.83. The van der Waals surface area contributed by atoms with E-state index in [1.165, 1.54) is 0 Å². The van der Waals surface area contributed by atoms with Crippen molar-refractivity contribution in [3.63, 3.8) is 0 Å². The first-order chi connectivity index (χ1) is 10.8. The molecule has 1 aromatic carbocycles. The lowest BCUT2D eigenvalue weighted by Crippen LogP contribution is -2.43. The van der Waals surface area contributed by atoms with E-state index in [2.05, 4.69) is 20.5 Å². The third-order valence-corrected chi connectivity index (χ3v) is 3.71. The molecule has 1 aliphatic heterocycles. The molecular formula is C17H20N4O. The standard InChI is InChI=1S/C17H20N4O/c22-17(12-14-4-2-1-3-5-14)20-16-7-6-15(13-19-16)21-10-8-18-9-11-21/h1-7,13,18H,8-12H2,(H,19,20,22). The summed E-state index contributed by atoms with van der Waals surface area (Å²) in [7, 11) is 0. The molecule has 3 rings (SSSR count). The Kier molecular flexibility index (Phi) is 4.65. The van der Waals surface area contributed by atoms with Crippen LogP contribution in [-0.2, 0) is 11.2 Å². The average Bonchev–Trinajstić information content (AvgIpc) is 2.57. The molecule has 2 aromatic rings. The van der Waals surface area contributed by atoms with Crippen molar-refractivity contribution in [1.82, 2.24) is 10.3 Å². The molecule has 0 saturated carbocycles. The molecule has 0 unspecified atom stereocenters. The second kappa shape index (κ2) is 7.04. The lowest BCUT2D eigenvalue weighted by molar-refractivity contribution is -0.115. The summed E-state index contributed by atoms with van der Waals surface area (Å²) in [6, 6.07) is 13.6. The van der Waals surface area contributed by atoms with Crippen molar-refractivity contribution in [2.24, 2.45) is 0 Å². The molecule has 1 fully saturated rings. The predicted octanol–water partition coefficient (Wildman–Crippen LogP) is 1.67. The zero-order valence-corrected chi connectivity index (χ0v) is 12.5. The van der Waals surface area contributed by atoms with Gasteiger partial charge in [0, 0.05) is 26.2 Å². The number of nitrogens with one attached hydrogen (secondary N) is 2. The number of nitrogens with zero attached hydrogens (tertiary/aromatic N) is 2. The van der Waals surface area contributed by atoms with E-state index in [0.717, 1.165) is 37.4 Å². The summed E-state index contributed by atoms with van der Waals surface area (Å²) in [5, 5.41) is 6.17. The topological polar surface area (TPSA) is 57.3 Å². The highest BCUT2D eigenvalue weighted by Gasteiger charge is 2.11. The fourth-order valence-corrected chi connectivity index (χ4v) is 2.54. The minimum Gasteiger partial charge on any atom is -0.368 e. The molecule has 2 N–H and O–H groups in total. The lowest BCUT2D eigenvalue weighted by Gasteiger charge is -2.29. The molecule has 114 valence electrons. The van der Waals surface area contributed by atoms with Crippen molar-refractivity contribution in [2.45, 2.75) is 6.42 Å². The second-order valence-electron chi connectivity index (χ2n) is 5.35. The smallest absolute Gasteiger partial charge is 0.229 e. The van der Waals surface area contributed by atoms with E-state index in [9.17, 15) is 4.79 Å². The summed E-state index contributed by atoms with van der Waals surface area (Å²) in [4.78, 5) is 18.6. The average molecular weight is 296 g/mol. The zero-order valence-electron chi connectivity index (χ0n) is 12.5. The predicted molar refractivity (Wildman–Crippen MR) is 88.1 cm³/mol. The molecule has 1 aromatic heterocycles. The Balaban J connectivity index is 1.57. The molecule has 5 nitrogen and oxygen atoms in total. The first-order valence-electron chi connectivity index (χ1n) is 7.57. The molecule has 1 aliphatic rings. The first kappa shape index (κ1) is 14.5. The number of hydrogen-bond donors (Lipinski definition) is 2. The van der Waals surface area contributed by atoms with E-state index >= 15 is 0 Å². The maximum absolute atomic E-state index is 12.0. The van der Waals surface area contributed by atoms with Crippen LogP contribution in [-0.4, -0.2) is 37.1 Å². The van der Waals surface area contributed by atoms with E-state index in [4.69, 9.17) is 0 Å². The van der Waals surface area contributed by atoms with Gasteiger partial charge in [0.05, 0.1) is 18.3 Å². The molecule has 1 saturated heterocycles. The van der Waals surface area contributed by atoms with Crippen LogP contribution in [0, 0.1) is 0 Å². The second-order valence-corrected chi connectivity index (χ2v) is 5.35. The summed E-state index contributed by atoms with van der Waals surface area (Å²) in [5.41, 5.74) is 2.10. The lowest BCUT2D eigenvalue weighted by atomic mass is 10.1. The van der Waals surface area contributed by atoms with Crippen LogP contribution in [0.25, 0.3) is 0 Å². The molecule has 0 spiro atoms. The van der Waals surface area contributed by atoms with Gasteiger partial charge in [-0.15, -0.1) is 0 Å². The van der Waals surface area contributed by atoms with E-state index in [0.29, 0.717) is 12.2 Å². The Hall–Kier alpha value is -2.40. The van der Waals surface area contributed by atoms with E-state index in [1.807, 2.05) is 48.7 Å². The Morgan fingerprint density at radius 1 is 1.14 bits per heavy atom. The summed E-state index contributed by atoms with van der Waals surface area (Å²) in [6.07, 6.45) is 2.19. The molecular weight excluding hydrogens is 276 g/mol. The van der Waals surface area contributed by atoms with Crippen LogP contribution in [0.3, 0.4) is 0 Å². The van der Waals surface area contributed by atoms with Gasteiger partial charge in [0.1, 0.15) is 5.82 Å². The van der Waals surface area contributed by atoms with Gasteiger partial charge < -0.3 is 15.5 Å². The van der Waals surface area contributed by atoms with Gasteiger partial charge in [0.25, 0.3) is 0 Å². The number of pyridine rings is 1. The number of benzene rings is 1. The van der Waals surface area contributed by atoms with Crippen molar-refractivity contribution < 1.29 is 4.79 Å². The Labute approximate surface area is 130 Å². The van der Waals surface area contributed by atoms with Gasteiger partial charge in [-0.05, 0) is 17.7 Å². The van der Waals surface area contributed by atoms with E-state index < -0.39 is 0 Å². The number of piperazine rings is 1. The van der Waals surface area contributed by atoms with Gasteiger partial charge in [-0.3, -0.25) is 4.79 Å². The molecule has 1 amide bonds. The highest BCUT2D eigenvalue weighted by Crippen LogP contribution is 2.15. The maximum Gasteiger partial charge on any atom is 0.229 e. The van der Waals surface area contributed by atoms with Crippen LogP contribution in [0.1, 0.15) is 5.56 Å². The van der Waals surface area contributed by atoms with Gasteiger partial charge in [0.2, 0.25) is 5.91 Å². The molecule has 0 atom stereocenters. The Morgan fingerprint density at radius 2 is 1.91 bits per heavy atom. The van der Waals surface area contributed by atoms with Gasteiger partial charge in [-0.25, -0.2) is 4.98 Å². The summed E-state index contributed by atoms with van der Waals surface area (Å²) in [5.74, 6) is 0.549. The molecule has 0 aliphatic carbocycles. The van der Waals surface area contributed by atoms with Crippen molar-refractivity contribution in [2.75, 3.05) is 36.4 Å². The number of hydrogen-bond acceptors (Lipinski definition) is 4. The molecule has 2 heterocycles. The van der Waals surface area contributed by atoms with Gasteiger partial charge in [0.15, 0.2) is 0 Å². The Morgan fingerprint density at radius 3 is 2.59 bits per heavy atom. The van der Waals surface area contributed by atoms with Gasteiger partial charge in [-0.1, -0.05) is 30.3 Å². The Bertz CT molecular complexity index is 606. The van der Waals surface area contributed by atoms with Crippen LogP contribution < -0.4 is 15.5 Å². The largest absolute Gasteiger partial charge is 0.368 e. The van der Waals surface area contributed by atoms with Crippen LogP contribution in [0.4, 0.5) is 11.5 Å². The first-order valence-corrected chi connectivity index (χ1v) is 7.57. The van der Waals surface area contributed by atoms with Crippen molar-refractivity contribution in [1.29, 1.82) is 0 Å². The summed E-state index contributed by atoms with van der Waals surface area (Å²) >= 11 is 0. The molecule has 22 heavy (non-hydrogen) atoms. The highest BCUT2D eigenvalue weighted by molar-refractivity contribution is 5.91. The number of rotatable bonds is 4. The minimum absolute atomic E-state index is 0.0476. The van der Waals surface area contributed by atoms with Crippen LogP contribution >= 0.6 is 0 Å². The van der Waals surface area contributed by atoms with Crippen molar-refractivity contribution >= 4 is 17.4 Å². The summed E-state index contributed by atoms with van der Waals surface area (Å²) in [6.45, 7) is 3.97. The number of aromatic nitrogens is 1. The van der Waals surface area contributed by atoms with E-state index in [1.54, 1.807) is 0 Å². The monoisotopic (exact) mass is 296 g/mol. The van der Waals surface area contributed by atoms with Crippen molar-refractivity contribution in [3.8, 4) is 0 Å². The third-order valence-electron chi connectivity index (χ3n) is 3.71. The highest BCUT2D eigenvalue weighted by atomic mass is 16.1. The SMILES string of the molecule is O=C(Cc1ccccc1)Nc1ccc(N2CCNCC2)cn1. The zero-order chi connectivity index (χ0) is 15.2. The molecule has 5 heteroatoms. The fraction of sp³-hybridized carbons (Fsp3) is 0.294. The fourth-order valence-electron chi connectivity index (χ4n) is 2.54. The number of anilines is 2. The van der Waals surface area contributed by atoms with Gasteiger partial charge in [-0.2, -0.15) is 0 Å². The molecule has 0 bridgehead atoms. The van der Waals surface area contributed by atoms with Crippen LogP contribution in [0.2, 0.25) is 0 Å². The quantitative estimate of drug-likeness (QED) is 0.901. The maximum atomic E-state index is 12.0. The van der Waals surface area contributed by atoms with Gasteiger partial charge >= 0.3 is 0 Å².